The molecule has 0 saturated carbocycles. The zero-order valence-corrected chi connectivity index (χ0v) is 14.9. The lowest BCUT2D eigenvalue weighted by Gasteiger charge is -2.15. The molecule has 0 aliphatic carbocycles. The van der Waals surface area contributed by atoms with Gasteiger partial charge in [-0.05, 0) is 43.2 Å². The monoisotopic (exact) mass is 358 g/mol. The predicted molar refractivity (Wildman–Crippen MR) is 97.5 cm³/mol. The van der Waals surface area contributed by atoms with Crippen LogP contribution >= 0.6 is 0 Å². The van der Waals surface area contributed by atoms with E-state index in [2.05, 4.69) is 10.6 Å². The van der Waals surface area contributed by atoms with Gasteiger partial charge in [-0.3, -0.25) is 9.59 Å². The second kappa shape index (κ2) is 9.56. The first-order chi connectivity index (χ1) is 12.5. The Hall–Kier alpha value is -2.89. The Bertz CT molecular complexity index is 750. The van der Waals surface area contributed by atoms with E-state index in [0.717, 1.165) is 0 Å². The highest BCUT2D eigenvalue weighted by atomic mass is 19.1. The van der Waals surface area contributed by atoms with Gasteiger partial charge in [0.2, 0.25) is 5.91 Å². The lowest BCUT2D eigenvalue weighted by atomic mass is 10.1. The van der Waals surface area contributed by atoms with Crippen molar-refractivity contribution in [2.75, 3.05) is 13.7 Å². The second-order valence-electron chi connectivity index (χ2n) is 5.91. The first kappa shape index (κ1) is 19.4. The molecule has 0 aliphatic heterocycles. The van der Waals surface area contributed by atoms with Crippen molar-refractivity contribution in [3.8, 4) is 5.75 Å². The van der Waals surface area contributed by atoms with Crippen LogP contribution in [-0.2, 0) is 4.79 Å². The average Bonchev–Trinajstić information content (AvgIpc) is 2.65. The Morgan fingerprint density at radius 2 is 1.88 bits per heavy atom. The number of nitrogens with one attached hydrogen (secondary N) is 2. The summed E-state index contributed by atoms with van der Waals surface area (Å²) in [7, 11) is 1.40. The number of ether oxygens (including phenoxy) is 1. The van der Waals surface area contributed by atoms with Crippen LogP contribution < -0.4 is 15.4 Å². The van der Waals surface area contributed by atoms with Gasteiger partial charge in [-0.15, -0.1) is 0 Å². The predicted octanol–water partition coefficient (Wildman–Crippen LogP) is 3.22. The average molecular weight is 358 g/mol. The largest absolute Gasteiger partial charge is 0.494 e. The Morgan fingerprint density at radius 3 is 2.54 bits per heavy atom. The molecule has 2 amide bonds. The van der Waals surface area contributed by atoms with E-state index >= 15 is 0 Å². The molecule has 2 aromatic rings. The zero-order valence-electron chi connectivity index (χ0n) is 14.9. The van der Waals surface area contributed by atoms with E-state index in [1.165, 1.54) is 19.2 Å². The molecule has 0 fully saturated rings. The van der Waals surface area contributed by atoms with Crippen molar-refractivity contribution in [3.05, 3.63) is 65.5 Å². The zero-order chi connectivity index (χ0) is 18.9. The number of carbonyl (C=O) groups excluding carboxylic acids is 2. The van der Waals surface area contributed by atoms with Crippen LogP contribution in [0.5, 0.6) is 5.75 Å². The van der Waals surface area contributed by atoms with Gasteiger partial charge in [0.15, 0.2) is 11.6 Å². The minimum atomic E-state index is -0.463. The number of halogens is 1. The van der Waals surface area contributed by atoms with Gasteiger partial charge < -0.3 is 15.4 Å². The number of rotatable bonds is 8. The molecule has 0 heterocycles. The van der Waals surface area contributed by atoms with Crippen molar-refractivity contribution >= 4 is 11.8 Å². The van der Waals surface area contributed by atoms with Crippen LogP contribution in [0.1, 0.15) is 41.7 Å². The summed E-state index contributed by atoms with van der Waals surface area (Å²) in [4.78, 5) is 23.9. The number of methoxy groups -OCH3 is 1. The number of amides is 2. The molecule has 0 saturated heterocycles. The molecular weight excluding hydrogens is 335 g/mol. The fraction of sp³-hybridized carbons (Fsp3) is 0.300. The molecule has 0 aromatic heterocycles. The van der Waals surface area contributed by atoms with Gasteiger partial charge >= 0.3 is 0 Å². The number of carbonyl (C=O) groups is 2. The van der Waals surface area contributed by atoms with Gasteiger partial charge in [-0.1, -0.05) is 24.3 Å². The van der Waals surface area contributed by atoms with Crippen LogP contribution in [-0.4, -0.2) is 25.5 Å². The second-order valence-corrected chi connectivity index (χ2v) is 5.91. The molecule has 2 aromatic carbocycles. The van der Waals surface area contributed by atoms with Crippen LogP contribution in [0, 0.1) is 5.82 Å². The van der Waals surface area contributed by atoms with E-state index in [4.69, 9.17) is 4.74 Å². The van der Waals surface area contributed by atoms with Crippen LogP contribution in [0.15, 0.2) is 48.5 Å². The van der Waals surface area contributed by atoms with Crippen LogP contribution in [0.2, 0.25) is 0 Å². The van der Waals surface area contributed by atoms with Gasteiger partial charge in [0.05, 0.1) is 13.2 Å². The molecule has 0 bridgehead atoms. The molecule has 6 heteroatoms. The maximum Gasteiger partial charge on any atom is 0.251 e. The van der Waals surface area contributed by atoms with Crippen molar-refractivity contribution in [1.82, 2.24) is 10.6 Å². The number of benzene rings is 2. The summed E-state index contributed by atoms with van der Waals surface area (Å²) in [6.45, 7) is 2.20. The summed E-state index contributed by atoms with van der Waals surface area (Å²) in [5.74, 6) is -0.605. The molecule has 1 unspecified atom stereocenters. The first-order valence-electron chi connectivity index (χ1n) is 8.47. The summed E-state index contributed by atoms with van der Waals surface area (Å²) in [6.07, 6.45) is 0.798. The molecule has 2 N–H and O–H groups in total. The van der Waals surface area contributed by atoms with Gasteiger partial charge in [0, 0.05) is 18.5 Å². The van der Waals surface area contributed by atoms with Gasteiger partial charge in [-0.2, -0.15) is 0 Å². The SMILES string of the molecule is COc1ccc(C(C)NC(=O)CCCNC(=O)c2ccccc2)cc1F. The first-order valence-corrected chi connectivity index (χ1v) is 8.47. The third-order valence-electron chi connectivity index (χ3n) is 3.96. The Balaban J connectivity index is 1.73. The smallest absolute Gasteiger partial charge is 0.251 e. The van der Waals surface area contributed by atoms with Gasteiger partial charge in [0.25, 0.3) is 5.91 Å². The number of hydrogen-bond donors (Lipinski definition) is 2. The minimum absolute atomic E-state index is 0.150. The molecule has 0 radical (unpaired) electrons. The summed E-state index contributed by atoms with van der Waals surface area (Å²) in [6, 6.07) is 13.2. The highest BCUT2D eigenvalue weighted by Gasteiger charge is 2.12. The fourth-order valence-corrected chi connectivity index (χ4v) is 2.49. The minimum Gasteiger partial charge on any atom is -0.494 e. The van der Waals surface area contributed by atoms with E-state index < -0.39 is 5.82 Å². The van der Waals surface area contributed by atoms with Crippen molar-refractivity contribution in [3.63, 3.8) is 0 Å². The molecule has 0 spiro atoms. The van der Waals surface area contributed by atoms with Gasteiger partial charge in [0.1, 0.15) is 0 Å². The van der Waals surface area contributed by atoms with E-state index in [1.807, 2.05) is 6.07 Å². The molecule has 138 valence electrons. The van der Waals surface area contributed by atoms with Crippen LogP contribution in [0.4, 0.5) is 4.39 Å². The third-order valence-corrected chi connectivity index (χ3v) is 3.96. The molecule has 26 heavy (non-hydrogen) atoms. The molecule has 5 nitrogen and oxygen atoms in total. The van der Waals surface area contributed by atoms with E-state index in [0.29, 0.717) is 24.1 Å². The van der Waals surface area contributed by atoms with E-state index in [-0.39, 0.29) is 30.0 Å². The quantitative estimate of drug-likeness (QED) is 0.712. The molecular formula is C20H23FN2O3. The summed E-state index contributed by atoms with van der Waals surface area (Å²) in [5.41, 5.74) is 1.25. The summed E-state index contributed by atoms with van der Waals surface area (Å²) >= 11 is 0. The summed E-state index contributed by atoms with van der Waals surface area (Å²) < 4.78 is 18.6. The topological polar surface area (TPSA) is 67.4 Å². The lowest BCUT2D eigenvalue weighted by Crippen LogP contribution is -2.29. The normalized spacial score (nSPS) is 11.5. The maximum atomic E-state index is 13.7. The van der Waals surface area contributed by atoms with Crippen molar-refractivity contribution < 1.29 is 18.7 Å². The van der Waals surface area contributed by atoms with Crippen molar-refractivity contribution in [2.24, 2.45) is 0 Å². The van der Waals surface area contributed by atoms with Gasteiger partial charge in [-0.25, -0.2) is 4.39 Å². The van der Waals surface area contributed by atoms with Crippen molar-refractivity contribution in [1.29, 1.82) is 0 Å². The van der Waals surface area contributed by atoms with E-state index in [9.17, 15) is 14.0 Å². The summed E-state index contributed by atoms with van der Waals surface area (Å²) in [5, 5.41) is 5.60. The molecule has 2 rings (SSSR count). The third kappa shape index (κ3) is 5.58. The lowest BCUT2D eigenvalue weighted by molar-refractivity contribution is -0.121. The highest BCUT2D eigenvalue weighted by Crippen LogP contribution is 2.21. The fourth-order valence-electron chi connectivity index (χ4n) is 2.49. The molecule has 0 aliphatic rings. The van der Waals surface area contributed by atoms with Crippen LogP contribution in [0.3, 0.4) is 0 Å². The Kier molecular flexibility index (Phi) is 7.14. The standard InChI is InChI=1S/C20H23FN2O3/c1-14(16-10-11-18(26-2)17(21)13-16)23-19(24)9-6-12-22-20(25)15-7-4-3-5-8-15/h3-5,7-8,10-11,13-14H,6,9,12H2,1-2H3,(H,22,25)(H,23,24). The van der Waals surface area contributed by atoms with Crippen molar-refractivity contribution in [2.45, 2.75) is 25.8 Å². The highest BCUT2D eigenvalue weighted by molar-refractivity contribution is 5.94. The van der Waals surface area contributed by atoms with E-state index in [1.54, 1.807) is 37.3 Å². The van der Waals surface area contributed by atoms with Crippen LogP contribution in [0.25, 0.3) is 0 Å². The maximum absolute atomic E-state index is 13.7. The Morgan fingerprint density at radius 1 is 1.15 bits per heavy atom. The molecule has 1 atom stereocenters. The Labute approximate surface area is 152 Å². The number of hydrogen-bond acceptors (Lipinski definition) is 3.